The van der Waals surface area contributed by atoms with Crippen LogP contribution in [-0.2, 0) is 17.8 Å². The highest BCUT2D eigenvalue weighted by molar-refractivity contribution is 7.13. The van der Waals surface area contributed by atoms with E-state index in [1.165, 1.54) is 5.56 Å². The minimum absolute atomic E-state index is 0.0640. The van der Waals surface area contributed by atoms with Gasteiger partial charge in [0.2, 0.25) is 17.6 Å². The largest absolute Gasteiger partial charge is 0.341 e. The lowest BCUT2D eigenvalue weighted by Crippen LogP contribution is -2.26. The first-order valence-corrected chi connectivity index (χ1v) is 8.66. The van der Waals surface area contributed by atoms with E-state index in [9.17, 15) is 4.79 Å². The zero-order valence-corrected chi connectivity index (χ0v) is 14.5. The Kier molecular flexibility index (Phi) is 5.05. The molecule has 2 heterocycles. The molecule has 2 aromatic heterocycles. The van der Waals surface area contributed by atoms with E-state index in [4.69, 9.17) is 4.52 Å². The van der Waals surface area contributed by atoms with Gasteiger partial charge in [0.25, 0.3) is 0 Å². The van der Waals surface area contributed by atoms with Crippen molar-refractivity contribution >= 4 is 17.2 Å². The molecule has 124 valence electrons. The second-order valence-corrected chi connectivity index (χ2v) is 6.61. The number of hydrogen-bond donors (Lipinski definition) is 0. The molecule has 0 fully saturated rings. The number of carbonyl (C=O) groups excluding carboxylic acids is 1. The minimum atomic E-state index is 0.0640. The molecule has 3 aromatic rings. The summed E-state index contributed by atoms with van der Waals surface area (Å²) in [4.78, 5) is 19.4. The Bertz CT molecular complexity index is 811. The quantitative estimate of drug-likeness (QED) is 0.686. The monoisotopic (exact) mass is 341 g/mol. The summed E-state index contributed by atoms with van der Waals surface area (Å²) in [6, 6.07) is 12.0. The standard InChI is InChI=1S/C18H19N3O2S/c1-13-6-3-4-7-14(13)12-21(2)17(22)10-9-16-19-18(20-23-16)15-8-5-11-24-15/h3-8,11H,9-10,12H2,1-2H3. The molecule has 0 spiro atoms. The Hall–Kier alpha value is -2.47. The van der Waals surface area contributed by atoms with E-state index in [1.807, 2.05) is 42.8 Å². The Morgan fingerprint density at radius 3 is 2.83 bits per heavy atom. The summed E-state index contributed by atoms with van der Waals surface area (Å²) in [5, 5.41) is 5.93. The van der Waals surface area contributed by atoms with Crippen LogP contribution >= 0.6 is 11.3 Å². The van der Waals surface area contributed by atoms with Crippen LogP contribution in [0.5, 0.6) is 0 Å². The minimum Gasteiger partial charge on any atom is -0.341 e. The van der Waals surface area contributed by atoms with Crippen molar-refractivity contribution in [1.82, 2.24) is 15.0 Å². The third kappa shape index (κ3) is 3.89. The third-order valence-corrected chi connectivity index (χ3v) is 4.72. The highest BCUT2D eigenvalue weighted by Crippen LogP contribution is 2.21. The van der Waals surface area contributed by atoms with Gasteiger partial charge in [0.15, 0.2) is 0 Å². The van der Waals surface area contributed by atoms with E-state index in [0.29, 0.717) is 31.1 Å². The van der Waals surface area contributed by atoms with Crippen LogP contribution in [0.3, 0.4) is 0 Å². The molecule has 5 nitrogen and oxygen atoms in total. The van der Waals surface area contributed by atoms with Crippen LogP contribution in [0.15, 0.2) is 46.3 Å². The fraction of sp³-hybridized carbons (Fsp3) is 0.278. The van der Waals surface area contributed by atoms with Gasteiger partial charge in [-0.1, -0.05) is 35.5 Å². The molecule has 0 saturated carbocycles. The first-order chi connectivity index (χ1) is 11.6. The van der Waals surface area contributed by atoms with Crippen molar-refractivity contribution in [3.05, 3.63) is 58.8 Å². The molecule has 0 radical (unpaired) electrons. The van der Waals surface area contributed by atoms with E-state index in [1.54, 1.807) is 16.2 Å². The molecule has 0 aliphatic carbocycles. The topological polar surface area (TPSA) is 59.2 Å². The molecule has 0 bridgehead atoms. The van der Waals surface area contributed by atoms with Gasteiger partial charge >= 0.3 is 0 Å². The molecule has 0 aliphatic rings. The summed E-state index contributed by atoms with van der Waals surface area (Å²) in [5.74, 6) is 1.14. The molecule has 3 rings (SSSR count). The van der Waals surface area contributed by atoms with Crippen molar-refractivity contribution in [3.8, 4) is 10.7 Å². The molecule has 0 aliphatic heterocycles. The lowest BCUT2D eigenvalue weighted by atomic mass is 10.1. The van der Waals surface area contributed by atoms with Gasteiger partial charge in [-0.25, -0.2) is 0 Å². The molecule has 24 heavy (non-hydrogen) atoms. The van der Waals surface area contributed by atoms with Crippen molar-refractivity contribution in [3.63, 3.8) is 0 Å². The molecule has 1 amide bonds. The maximum atomic E-state index is 12.3. The van der Waals surface area contributed by atoms with Crippen molar-refractivity contribution in [2.75, 3.05) is 7.05 Å². The van der Waals surface area contributed by atoms with Gasteiger partial charge in [0.05, 0.1) is 4.88 Å². The predicted molar refractivity (Wildman–Crippen MR) is 93.6 cm³/mol. The molecule has 6 heteroatoms. The normalized spacial score (nSPS) is 10.8. The van der Waals surface area contributed by atoms with Crippen molar-refractivity contribution in [2.24, 2.45) is 0 Å². The number of hydrogen-bond acceptors (Lipinski definition) is 5. The smallest absolute Gasteiger partial charge is 0.227 e. The van der Waals surface area contributed by atoms with Crippen LogP contribution in [0.4, 0.5) is 0 Å². The van der Waals surface area contributed by atoms with E-state index in [-0.39, 0.29) is 5.91 Å². The van der Waals surface area contributed by atoms with E-state index in [2.05, 4.69) is 23.1 Å². The Morgan fingerprint density at radius 1 is 1.25 bits per heavy atom. The third-order valence-electron chi connectivity index (χ3n) is 3.86. The van der Waals surface area contributed by atoms with Gasteiger partial charge < -0.3 is 9.42 Å². The van der Waals surface area contributed by atoms with Gasteiger partial charge in [-0.05, 0) is 29.5 Å². The molecule has 0 unspecified atom stereocenters. The SMILES string of the molecule is Cc1ccccc1CN(C)C(=O)CCc1nc(-c2cccs2)no1. The summed E-state index contributed by atoms with van der Waals surface area (Å²) >= 11 is 1.56. The van der Waals surface area contributed by atoms with E-state index in [0.717, 1.165) is 10.4 Å². The fourth-order valence-electron chi connectivity index (χ4n) is 2.40. The Morgan fingerprint density at radius 2 is 2.08 bits per heavy atom. The molecule has 0 atom stereocenters. The average molecular weight is 341 g/mol. The van der Waals surface area contributed by atoms with Crippen LogP contribution in [0.2, 0.25) is 0 Å². The summed E-state index contributed by atoms with van der Waals surface area (Å²) in [6.07, 6.45) is 0.809. The zero-order chi connectivity index (χ0) is 16.9. The number of amides is 1. The average Bonchev–Trinajstić information content (AvgIpc) is 3.25. The summed E-state index contributed by atoms with van der Waals surface area (Å²) in [6.45, 7) is 2.66. The molecular formula is C18H19N3O2S. The van der Waals surface area contributed by atoms with Gasteiger partial charge in [0.1, 0.15) is 0 Å². The van der Waals surface area contributed by atoms with Crippen molar-refractivity contribution in [1.29, 1.82) is 0 Å². The van der Waals surface area contributed by atoms with Crippen molar-refractivity contribution < 1.29 is 9.32 Å². The number of rotatable bonds is 6. The van der Waals surface area contributed by atoms with Crippen LogP contribution in [-0.4, -0.2) is 28.0 Å². The van der Waals surface area contributed by atoms with Gasteiger partial charge in [-0.15, -0.1) is 11.3 Å². The second kappa shape index (κ2) is 7.40. The predicted octanol–water partition coefficient (Wildman–Crippen LogP) is 3.70. The Labute approximate surface area is 144 Å². The van der Waals surface area contributed by atoms with Gasteiger partial charge in [0, 0.05) is 26.4 Å². The molecule has 0 saturated heterocycles. The number of thiophene rings is 1. The summed E-state index contributed by atoms with van der Waals surface area (Å²) in [5.41, 5.74) is 2.35. The zero-order valence-electron chi connectivity index (χ0n) is 13.7. The molecular weight excluding hydrogens is 322 g/mol. The van der Waals surface area contributed by atoms with Crippen LogP contribution in [0.25, 0.3) is 10.7 Å². The highest BCUT2D eigenvalue weighted by atomic mass is 32.1. The number of aromatic nitrogens is 2. The van der Waals surface area contributed by atoms with E-state index < -0.39 is 0 Å². The second-order valence-electron chi connectivity index (χ2n) is 5.67. The van der Waals surface area contributed by atoms with Crippen LogP contribution in [0, 0.1) is 6.92 Å². The number of benzene rings is 1. The summed E-state index contributed by atoms with van der Waals surface area (Å²) in [7, 11) is 1.82. The summed E-state index contributed by atoms with van der Waals surface area (Å²) < 4.78 is 5.23. The number of carbonyl (C=O) groups is 1. The highest BCUT2D eigenvalue weighted by Gasteiger charge is 2.14. The fourth-order valence-corrected chi connectivity index (χ4v) is 3.05. The van der Waals surface area contributed by atoms with Gasteiger partial charge in [-0.3, -0.25) is 4.79 Å². The first kappa shape index (κ1) is 16.4. The lowest BCUT2D eigenvalue weighted by molar-refractivity contribution is -0.130. The molecule has 1 aromatic carbocycles. The number of nitrogens with zero attached hydrogens (tertiary/aromatic N) is 3. The van der Waals surface area contributed by atoms with Crippen LogP contribution < -0.4 is 0 Å². The van der Waals surface area contributed by atoms with Crippen molar-refractivity contribution in [2.45, 2.75) is 26.3 Å². The maximum absolute atomic E-state index is 12.3. The Balaban J connectivity index is 1.54. The number of aryl methyl sites for hydroxylation is 2. The lowest BCUT2D eigenvalue weighted by Gasteiger charge is -2.18. The maximum Gasteiger partial charge on any atom is 0.227 e. The van der Waals surface area contributed by atoms with Crippen LogP contribution in [0.1, 0.15) is 23.4 Å². The van der Waals surface area contributed by atoms with Gasteiger partial charge in [-0.2, -0.15) is 4.98 Å². The van der Waals surface area contributed by atoms with E-state index >= 15 is 0 Å². The first-order valence-electron chi connectivity index (χ1n) is 7.78. The molecule has 0 N–H and O–H groups in total.